The van der Waals surface area contributed by atoms with E-state index in [0.29, 0.717) is 16.7 Å². The number of imide groups is 1. The van der Waals surface area contributed by atoms with Gasteiger partial charge >= 0.3 is 0 Å². The molecule has 0 fully saturated rings. The molecule has 1 aliphatic rings. The van der Waals surface area contributed by atoms with E-state index in [1.807, 2.05) is 0 Å². The zero-order chi connectivity index (χ0) is 20.4. The molecule has 0 aliphatic carbocycles. The van der Waals surface area contributed by atoms with Crippen LogP contribution in [0.2, 0.25) is 0 Å². The molecular weight excluding hydrogens is 374 g/mol. The second-order valence-electron chi connectivity index (χ2n) is 6.48. The molecule has 1 aromatic heterocycles. The van der Waals surface area contributed by atoms with Crippen molar-refractivity contribution >= 4 is 34.7 Å². The highest BCUT2D eigenvalue weighted by atomic mass is 16.2. The molecule has 2 heterocycles. The summed E-state index contributed by atoms with van der Waals surface area (Å²) in [6, 6.07) is 11.6. The van der Waals surface area contributed by atoms with Crippen molar-refractivity contribution in [2.75, 3.05) is 19.6 Å². The van der Waals surface area contributed by atoms with E-state index in [9.17, 15) is 19.2 Å². The van der Waals surface area contributed by atoms with E-state index in [4.69, 9.17) is 0 Å². The topological polar surface area (TPSA) is 124 Å². The van der Waals surface area contributed by atoms with Crippen LogP contribution in [0.3, 0.4) is 0 Å². The Morgan fingerprint density at radius 1 is 0.966 bits per heavy atom. The van der Waals surface area contributed by atoms with Crippen molar-refractivity contribution in [3.63, 3.8) is 0 Å². The van der Waals surface area contributed by atoms with E-state index in [1.54, 1.807) is 48.8 Å². The normalized spacial score (nSPS) is 12.9. The van der Waals surface area contributed by atoms with Gasteiger partial charge in [-0.3, -0.25) is 24.1 Å². The average Bonchev–Trinajstić information content (AvgIpc) is 3.29. The van der Waals surface area contributed by atoms with E-state index >= 15 is 0 Å². The Labute approximate surface area is 165 Å². The number of nitrogens with zero attached hydrogens (tertiary/aromatic N) is 2. The summed E-state index contributed by atoms with van der Waals surface area (Å²) in [7, 11) is 0. The maximum Gasteiger partial charge on any atom is 0.262 e. The predicted molar refractivity (Wildman–Crippen MR) is 103 cm³/mol. The molecule has 146 valence electrons. The fourth-order valence-electron chi connectivity index (χ4n) is 3.14. The highest BCUT2D eigenvalue weighted by molar-refractivity contribution is 6.22. The number of nitrogens with one attached hydrogen (secondary N) is 3. The summed E-state index contributed by atoms with van der Waals surface area (Å²) < 4.78 is 0. The first-order chi connectivity index (χ1) is 14.0. The molecule has 0 spiro atoms. The van der Waals surface area contributed by atoms with Crippen molar-refractivity contribution in [3.8, 4) is 0 Å². The number of aromatic nitrogens is 2. The number of amides is 4. The Kier molecular flexibility index (Phi) is 4.78. The SMILES string of the molecule is O=C(CN1C(=O)c2ccccc2C1=O)NCCNC(=O)c1ccc2nc[nH]c2c1. The molecule has 0 radical (unpaired) electrons. The lowest BCUT2D eigenvalue weighted by atomic mass is 10.1. The molecule has 9 heteroatoms. The largest absolute Gasteiger partial charge is 0.353 e. The standard InChI is InChI=1S/C20H17N5O4/c26-17(10-25-19(28)13-3-1-2-4-14(13)20(25)29)21-7-8-22-18(27)12-5-6-15-16(9-12)24-11-23-15/h1-6,9,11H,7-8,10H2,(H,21,26)(H,22,27)(H,23,24). The van der Waals surface area contributed by atoms with Crippen molar-refractivity contribution in [1.82, 2.24) is 25.5 Å². The molecule has 2 aromatic carbocycles. The van der Waals surface area contributed by atoms with Crippen LogP contribution in [0, 0.1) is 0 Å². The Bertz CT molecular complexity index is 1100. The highest BCUT2D eigenvalue weighted by Gasteiger charge is 2.36. The molecule has 3 aromatic rings. The van der Waals surface area contributed by atoms with Gasteiger partial charge in [0.15, 0.2) is 0 Å². The number of carbonyl (C=O) groups is 4. The second-order valence-corrected chi connectivity index (χ2v) is 6.48. The Morgan fingerprint density at radius 3 is 2.38 bits per heavy atom. The number of H-pyrrole nitrogens is 1. The molecule has 29 heavy (non-hydrogen) atoms. The van der Waals surface area contributed by atoms with Gasteiger partial charge in [0.05, 0.1) is 28.5 Å². The Morgan fingerprint density at radius 2 is 1.66 bits per heavy atom. The van der Waals surface area contributed by atoms with Gasteiger partial charge in [0.1, 0.15) is 6.54 Å². The quantitative estimate of drug-likeness (QED) is 0.422. The van der Waals surface area contributed by atoms with Crippen LogP contribution in [0.15, 0.2) is 48.8 Å². The van der Waals surface area contributed by atoms with Gasteiger partial charge in [-0.1, -0.05) is 12.1 Å². The summed E-state index contributed by atoms with van der Waals surface area (Å²) in [4.78, 5) is 56.7. The first kappa shape index (κ1) is 18.4. The monoisotopic (exact) mass is 391 g/mol. The van der Waals surface area contributed by atoms with Crippen LogP contribution in [-0.2, 0) is 4.79 Å². The first-order valence-electron chi connectivity index (χ1n) is 8.98. The number of carbonyl (C=O) groups excluding carboxylic acids is 4. The highest BCUT2D eigenvalue weighted by Crippen LogP contribution is 2.21. The smallest absolute Gasteiger partial charge is 0.262 e. The third-order valence-corrected chi connectivity index (χ3v) is 4.60. The molecule has 0 bridgehead atoms. The summed E-state index contributed by atoms with van der Waals surface area (Å²) in [5.41, 5.74) is 2.59. The lowest BCUT2D eigenvalue weighted by molar-refractivity contribution is -0.121. The number of hydrogen-bond acceptors (Lipinski definition) is 5. The molecule has 0 unspecified atom stereocenters. The van der Waals surface area contributed by atoms with Gasteiger partial charge in [0.2, 0.25) is 5.91 Å². The van der Waals surface area contributed by atoms with Crippen LogP contribution in [0.25, 0.3) is 11.0 Å². The van der Waals surface area contributed by atoms with Gasteiger partial charge in [0.25, 0.3) is 17.7 Å². The third kappa shape index (κ3) is 3.57. The van der Waals surface area contributed by atoms with E-state index in [2.05, 4.69) is 20.6 Å². The van der Waals surface area contributed by atoms with Crippen LogP contribution in [0.4, 0.5) is 0 Å². The van der Waals surface area contributed by atoms with Crippen molar-refractivity contribution in [3.05, 3.63) is 65.5 Å². The fourth-order valence-corrected chi connectivity index (χ4v) is 3.14. The van der Waals surface area contributed by atoms with Crippen molar-refractivity contribution in [1.29, 1.82) is 0 Å². The molecule has 0 saturated carbocycles. The van der Waals surface area contributed by atoms with Gasteiger partial charge in [-0.05, 0) is 30.3 Å². The molecule has 9 nitrogen and oxygen atoms in total. The predicted octanol–water partition coefficient (Wildman–Crippen LogP) is 0.705. The number of fused-ring (bicyclic) bond motifs is 2. The molecule has 1 aliphatic heterocycles. The molecule has 3 N–H and O–H groups in total. The second kappa shape index (κ2) is 7.55. The summed E-state index contributed by atoms with van der Waals surface area (Å²) >= 11 is 0. The van der Waals surface area contributed by atoms with Gasteiger partial charge in [-0.2, -0.15) is 0 Å². The lowest BCUT2D eigenvalue weighted by Gasteiger charge is -2.13. The minimum absolute atomic E-state index is 0.167. The van der Waals surface area contributed by atoms with E-state index in [0.717, 1.165) is 15.9 Å². The fraction of sp³-hybridized carbons (Fsp3) is 0.150. The number of benzene rings is 2. The third-order valence-electron chi connectivity index (χ3n) is 4.60. The number of imidazole rings is 1. The zero-order valence-corrected chi connectivity index (χ0v) is 15.3. The Balaban J connectivity index is 1.25. The minimum Gasteiger partial charge on any atom is -0.353 e. The summed E-state index contributed by atoms with van der Waals surface area (Å²) in [6.45, 7) is 0.00450. The lowest BCUT2D eigenvalue weighted by Crippen LogP contribution is -2.42. The molecule has 0 atom stereocenters. The van der Waals surface area contributed by atoms with Crippen LogP contribution >= 0.6 is 0 Å². The molecule has 4 rings (SSSR count). The van der Waals surface area contributed by atoms with Crippen molar-refractivity contribution in [2.24, 2.45) is 0 Å². The van der Waals surface area contributed by atoms with Crippen molar-refractivity contribution in [2.45, 2.75) is 0 Å². The van der Waals surface area contributed by atoms with Crippen LogP contribution in [0.5, 0.6) is 0 Å². The van der Waals surface area contributed by atoms with Crippen molar-refractivity contribution < 1.29 is 19.2 Å². The summed E-state index contributed by atoms with van der Waals surface area (Å²) in [5.74, 6) is -1.73. The average molecular weight is 391 g/mol. The van der Waals surface area contributed by atoms with E-state index in [1.165, 1.54) is 0 Å². The number of rotatable bonds is 6. The van der Waals surface area contributed by atoms with Crippen LogP contribution in [-0.4, -0.2) is 58.1 Å². The zero-order valence-electron chi connectivity index (χ0n) is 15.3. The maximum absolute atomic E-state index is 12.3. The van der Waals surface area contributed by atoms with Gasteiger partial charge in [-0.25, -0.2) is 4.98 Å². The molecular formula is C20H17N5O4. The number of aromatic amines is 1. The van der Waals surface area contributed by atoms with Gasteiger partial charge < -0.3 is 15.6 Å². The summed E-state index contributed by atoms with van der Waals surface area (Å²) in [6.07, 6.45) is 1.55. The summed E-state index contributed by atoms with van der Waals surface area (Å²) in [5, 5.41) is 5.29. The van der Waals surface area contributed by atoms with Crippen LogP contribution < -0.4 is 10.6 Å². The first-order valence-corrected chi connectivity index (χ1v) is 8.98. The molecule has 0 saturated heterocycles. The number of hydrogen-bond donors (Lipinski definition) is 3. The van der Waals surface area contributed by atoms with Gasteiger partial charge in [0, 0.05) is 18.7 Å². The van der Waals surface area contributed by atoms with Crippen LogP contribution in [0.1, 0.15) is 31.1 Å². The minimum atomic E-state index is -0.483. The van der Waals surface area contributed by atoms with E-state index < -0.39 is 17.7 Å². The van der Waals surface area contributed by atoms with E-state index in [-0.39, 0.29) is 25.5 Å². The Hall–Kier alpha value is -4.01. The van der Waals surface area contributed by atoms with Gasteiger partial charge in [-0.15, -0.1) is 0 Å². The maximum atomic E-state index is 12.3. The molecule has 4 amide bonds.